The highest BCUT2D eigenvalue weighted by Crippen LogP contribution is 2.30. The third-order valence-corrected chi connectivity index (χ3v) is 3.87. The molecule has 0 saturated carbocycles. The molecule has 1 aliphatic heterocycles. The summed E-state index contributed by atoms with van der Waals surface area (Å²) < 4.78 is 11.2. The molecule has 6 heteroatoms. The molecule has 2 aromatic rings. The maximum Gasteiger partial charge on any atom is 0.284 e. The summed E-state index contributed by atoms with van der Waals surface area (Å²) in [5.41, 5.74) is 4.23. The molecule has 0 unspecified atom stereocenters. The van der Waals surface area contributed by atoms with Crippen LogP contribution in [0.4, 0.5) is 0 Å². The van der Waals surface area contributed by atoms with Crippen LogP contribution < -0.4 is 14.9 Å². The van der Waals surface area contributed by atoms with E-state index < -0.39 is 6.10 Å². The van der Waals surface area contributed by atoms with Crippen LogP contribution in [0.25, 0.3) is 0 Å². The van der Waals surface area contributed by atoms with Crippen molar-refractivity contribution in [1.29, 1.82) is 0 Å². The number of hydrazone groups is 1. The molecular formula is C18H17ClN2O3. The first-order valence-corrected chi connectivity index (χ1v) is 8.06. The zero-order valence-corrected chi connectivity index (χ0v) is 13.9. The average molecular weight is 345 g/mol. The fraction of sp³-hybridized carbons (Fsp3) is 0.222. The van der Waals surface area contributed by atoms with Gasteiger partial charge in [-0.15, -0.1) is 0 Å². The molecule has 0 aliphatic carbocycles. The molecule has 0 aromatic heterocycles. The lowest BCUT2D eigenvalue weighted by molar-refractivity contribution is -0.130. The van der Waals surface area contributed by atoms with Crippen LogP contribution in [0, 0.1) is 0 Å². The molecule has 1 aliphatic rings. The minimum Gasteiger partial charge on any atom is -0.485 e. The van der Waals surface area contributed by atoms with Crippen LogP contribution in [0.3, 0.4) is 0 Å². The molecule has 3 rings (SSSR count). The number of carbonyl (C=O) groups is 1. The summed E-state index contributed by atoms with van der Waals surface area (Å²) in [4.78, 5) is 12.3. The van der Waals surface area contributed by atoms with Crippen LogP contribution in [0.5, 0.6) is 11.5 Å². The monoisotopic (exact) mass is 344 g/mol. The number of nitrogens with one attached hydrogen (secondary N) is 1. The minimum atomic E-state index is -0.730. The molecule has 5 nitrogen and oxygen atoms in total. The highest BCUT2D eigenvalue weighted by molar-refractivity contribution is 6.30. The third kappa shape index (κ3) is 3.68. The third-order valence-electron chi connectivity index (χ3n) is 3.61. The van der Waals surface area contributed by atoms with Gasteiger partial charge in [0.25, 0.3) is 5.91 Å². The number of carbonyl (C=O) groups excluding carboxylic acids is 1. The lowest BCUT2D eigenvalue weighted by Crippen LogP contribution is -2.42. The predicted molar refractivity (Wildman–Crippen MR) is 92.8 cm³/mol. The van der Waals surface area contributed by atoms with Gasteiger partial charge in [0, 0.05) is 5.02 Å². The molecule has 24 heavy (non-hydrogen) atoms. The normalized spacial score (nSPS) is 16.6. The number of hydrogen-bond acceptors (Lipinski definition) is 4. The summed E-state index contributed by atoms with van der Waals surface area (Å²) in [5, 5.41) is 4.87. The maximum absolute atomic E-state index is 12.3. The topological polar surface area (TPSA) is 59.9 Å². The van der Waals surface area contributed by atoms with Gasteiger partial charge in [0.15, 0.2) is 11.5 Å². The van der Waals surface area contributed by atoms with Gasteiger partial charge in [-0.3, -0.25) is 4.79 Å². The number of halogens is 1. The van der Waals surface area contributed by atoms with Crippen LogP contribution in [-0.4, -0.2) is 24.3 Å². The molecule has 0 fully saturated rings. The van der Waals surface area contributed by atoms with Crippen molar-refractivity contribution in [1.82, 2.24) is 5.43 Å². The van der Waals surface area contributed by atoms with Gasteiger partial charge in [-0.25, -0.2) is 5.43 Å². The summed E-state index contributed by atoms with van der Waals surface area (Å²) in [6.45, 7) is 2.12. The van der Waals surface area contributed by atoms with Crippen LogP contribution in [0.1, 0.15) is 18.9 Å². The van der Waals surface area contributed by atoms with Crippen molar-refractivity contribution in [2.45, 2.75) is 19.4 Å². The van der Waals surface area contributed by atoms with Crippen molar-refractivity contribution in [3.05, 3.63) is 59.1 Å². The fourth-order valence-electron chi connectivity index (χ4n) is 2.33. The van der Waals surface area contributed by atoms with Gasteiger partial charge in [0.2, 0.25) is 6.10 Å². The van der Waals surface area contributed by atoms with Gasteiger partial charge < -0.3 is 9.47 Å². The molecule has 2 aromatic carbocycles. The van der Waals surface area contributed by atoms with Crippen LogP contribution in [0.15, 0.2) is 53.6 Å². The summed E-state index contributed by atoms with van der Waals surface area (Å²) in [6.07, 6.45) is -0.0563. The summed E-state index contributed by atoms with van der Waals surface area (Å²) in [5.74, 6) is 0.853. The lowest BCUT2D eigenvalue weighted by atomic mass is 10.1. The Morgan fingerprint density at radius 1 is 1.21 bits per heavy atom. The Hall–Kier alpha value is -2.53. The highest BCUT2D eigenvalue weighted by atomic mass is 35.5. The maximum atomic E-state index is 12.3. The van der Waals surface area contributed by atoms with E-state index in [1.165, 1.54) is 0 Å². The van der Waals surface area contributed by atoms with E-state index in [1.54, 1.807) is 24.3 Å². The van der Waals surface area contributed by atoms with Gasteiger partial charge in [-0.2, -0.15) is 5.10 Å². The predicted octanol–water partition coefficient (Wildman–Crippen LogP) is 3.41. The van der Waals surface area contributed by atoms with E-state index in [-0.39, 0.29) is 12.5 Å². The largest absolute Gasteiger partial charge is 0.485 e. The van der Waals surface area contributed by atoms with Gasteiger partial charge in [0.1, 0.15) is 6.61 Å². The second-order valence-electron chi connectivity index (χ2n) is 5.26. The van der Waals surface area contributed by atoms with Gasteiger partial charge in [-0.1, -0.05) is 42.8 Å². The van der Waals surface area contributed by atoms with E-state index in [0.717, 1.165) is 11.3 Å². The van der Waals surface area contributed by atoms with Crippen LogP contribution in [-0.2, 0) is 4.79 Å². The van der Waals surface area contributed by atoms with Crippen LogP contribution in [0.2, 0.25) is 5.02 Å². The van der Waals surface area contributed by atoms with E-state index in [4.69, 9.17) is 21.1 Å². The van der Waals surface area contributed by atoms with Crippen molar-refractivity contribution in [3.8, 4) is 11.5 Å². The van der Waals surface area contributed by atoms with Crippen molar-refractivity contribution in [3.63, 3.8) is 0 Å². The standard InChI is InChI=1S/C18H17ClN2O3/c1-2-14(12-7-9-13(19)10-8-12)20-21-18(22)17-11-23-15-5-3-4-6-16(15)24-17/h3-10,17H,2,11H2,1H3,(H,21,22)/b20-14-/t17-/m1/s1. The molecule has 0 radical (unpaired) electrons. The van der Waals surface area contributed by atoms with Gasteiger partial charge in [0.05, 0.1) is 5.71 Å². The molecular weight excluding hydrogens is 328 g/mol. The smallest absolute Gasteiger partial charge is 0.284 e. The molecule has 0 saturated heterocycles. The first kappa shape index (κ1) is 16.3. The van der Waals surface area contributed by atoms with E-state index in [9.17, 15) is 4.79 Å². The highest BCUT2D eigenvalue weighted by Gasteiger charge is 2.27. The molecule has 1 heterocycles. The summed E-state index contributed by atoms with van der Waals surface area (Å²) in [6, 6.07) is 14.6. The second kappa shape index (κ2) is 7.36. The Balaban J connectivity index is 1.67. The zero-order valence-electron chi connectivity index (χ0n) is 13.2. The molecule has 0 spiro atoms. The molecule has 0 bridgehead atoms. The number of amides is 1. The number of nitrogens with zero attached hydrogens (tertiary/aromatic N) is 1. The quantitative estimate of drug-likeness (QED) is 0.683. The number of benzene rings is 2. The van der Waals surface area contributed by atoms with Gasteiger partial charge >= 0.3 is 0 Å². The van der Waals surface area contributed by atoms with Crippen molar-refractivity contribution in [2.75, 3.05) is 6.61 Å². The summed E-state index contributed by atoms with van der Waals surface area (Å²) >= 11 is 5.89. The van der Waals surface area contributed by atoms with Crippen molar-refractivity contribution in [2.24, 2.45) is 5.10 Å². The van der Waals surface area contributed by atoms with E-state index in [1.807, 2.05) is 31.2 Å². The Labute approximate surface area is 145 Å². The average Bonchev–Trinajstić information content (AvgIpc) is 2.63. The second-order valence-corrected chi connectivity index (χ2v) is 5.70. The summed E-state index contributed by atoms with van der Waals surface area (Å²) in [7, 11) is 0. The molecule has 1 N–H and O–H groups in total. The Morgan fingerprint density at radius 2 is 1.92 bits per heavy atom. The van der Waals surface area contributed by atoms with E-state index in [2.05, 4.69) is 10.5 Å². The van der Waals surface area contributed by atoms with Crippen molar-refractivity contribution >= 4 is 23.2 Å². The van der Waals surface area contributed by atoms with Gasteiger partial charge in [-0.05, 0) is 36.2 Å². The number of rotatable bonds is 4. The Kier molecular flexibility index (Phi) is 5.01. The Morgan fingerprint density at radius 3 is 2.62 bits per heavy atom. The number of hydrogen-bond donors (Lipinski definition) is 1. The number of fused-ring (bicyclic) bond motifs is 1. The SMILES string of the molecule is CC/C(=N/NC(=O)[C@H]1COc2ccccc2O1)c1ccc(Cl)cc1. The first-order chi connectivity index (χ1) is 11.7. The van der Waals surface area contributed by atoms with Crippen LogP contribution >= 0.6 is 11.6 Å². The lowest BCUT2D eigenvalue weighted by Gasteiger charge is -2.24. The van der Waals surface area contributed by atoms with Crippen molar-refractivity contribution < 1.29 is 14.3 Å². The number of para-hydroxylation sites is 2. The molecule has 1 amide bonds. The molecule has 124 valence electrons. The van der Waals surface area contributed by atoms with E-state index in [0.29, 0.717) is 22.9 Å². The number of ether oxygens (including phenoxy) is 2. The van der Waals surface area contributed by atoms with E-state index >= 15 is 0 Å². The molecule has 1 atom stereocenters. The minimum absolute atomic E-state index is 0.154. The fourth-order valence-corrected chi connectivity index (χ4v) is 2.46. The zero-order chi connectivity index (χ0) is 16.9. The first-order valence-electron chi connectivity index (χ1n) is 7.68. The Bertz CT molecular complexity index is 759.